The summed E-state index contributed by atoms with van der Waals surface area (Å²) in [7, 11) is 1.68. The number of nitro groups is 1. The SMILES string of the molecule is C[C@H](c1ccccc1)N(C)C(=O)c1ccc(-c2ccnc(NC(=O)C3CCCC3)c2)c([N+](=O)[O-])c1. The lowest BCUT2D eigenvalue weighted by molar-refractivity contribution is -0.384. The second-order valence-corrected chi connectivity index (χ2v) is 8.89. The Morgan fingerprint density at radius 2 is 1.80 bits per heavy atom. The number of amides is 2. The van der Waals surface area contributed by atoms with Crippen LogP contribution in [0.25, 0.3) is 11.1 Å². The van der Waals surface area contributed by atoms with Gasteiger partial charge in [-0.1, -0.05) is 43.2 Å². The molecule has 0 aliphatic heterocycles. The molecule has 8 nitrogen and oxygen atoms in total. The molecule has 1 aromatic heterocycles. The molecule has 1 saturated carbocycles. The number of benzene rings is 2. The summed E-state index contributed by atoms with van der Waals surface area (Å²) < 4.78 is 0. The predicted octanol–water partition coefficient (Wildman–Crippen LogP) is 5.62. The van der Waals surface area contributed by atoms with Crippen molar-refractivity contribution in [3.63, 3.8) is 0 Å². The Balaban J connectivity index is 1.59. The van der Waals surface area contributed by atoms with Crippen LogP contribution in [0.15, 0.2) is 66.9 Å². The Morgan fingerprint density at radius 3 is 2.49 bits per heavy atom. The van der Waals surface area contributed by atoms with Crippen molar-refractivity contribution in [2.24, 2.45) is 5.92 Å². The van der Waals surface area contributed by atoms with Gasteiger partial charge < -0.3 is 10.2 Å². The molecule has 1 aliphatic carbocycles. The lowest BCUT2D eigenvalue weighted by Crippen LogP contribution is -2.29. The fourth-order valence-electron chi connectivity index (χ4n) is 4.48. The molecule has 1 heterocycles. The predicted molar refractivity (Wildman–Crippen MR) is 134 cm³/mol. The minimum Gasteiger partial charge on any atom is -0.335 e. The Morgan fingerprint density at radius 1 is 1.09 bits per heavy atom. The number of aromatic nitrogens is 1. The third-order valence-corrected chi connectivity index (χ3v) is 6.67. The van der Waals surface area contributed by atoms with E-state index in [1.165, 1.54) is 12.3 Å². The minimum atomic E-state index is -0.496. The molecule has 1 atom stereocenters. The Labute approximate surface area is 204 Å². The van der Waals surface area contributed by atoms with Crippen LogP contribution in [0.5, 0.6) is 0 Å². The van der Waals surface area contributed by atoms with Crippen LogP contribution in [0.4, 0.5) is 11.5 Å². The maximum Gasteiger partial charge on any atom is 0.277 e. The van der Waals surface area contributed by atoms with Crippen LogP contribution >= 0.6 is 0 Å². The highest BCUT2D eigenvalue weighted by Crippen LogP contribution is 2.33. The quantitative estimate of drug-likeness (QED) is 0.355. The largest absolute Gasteiger partial charge is 0.335 e. The molecule has 0 unspecified atom stereocenters. The van der Waals surface area contributed by atoms with Gasteiger partial charge in [-0.05, 0) is 55.2 Å². The lowest BCUT2D eigenvalue weighted by Gasteiger charge is -2.25. The normalized spacial score (nSPS) is 14.3. The van der Waals surface area contributed by atoms with Crippen molar-refractivity contribution >= 4 is 23.3 Å². The van der Waals surface area contributed by atoms with E-state index in [1.54, 1.807) is 36.2 Å². The number of nitrogens with one attached hydrogen (secondary N) is 1. The number of anilines is 1. The molecule has 0 spiro atoms. The summed E-state index contributed by atoms with van der Waals surface area (Å²) >= 11 is 0. The average molecular weight is 473 g/mol. The number of rotatable bonds is 7. The van der Waals surface area contributed by atoms with Gasteiger partial charge >= 0.3 is 0 Å². The summed E-state index contributed by atoms with van der Waals surface area (Å²) in [4.78, 5) is 42.8. The molecule has 2 aromatic carbocycles. The van der Waals surface area contributed by atoms with E-state index >= 15 is 0 Å². The Bertz CT molecular complexity index is 1240. The highest BCUT2D eigenvalue weighted by Gasteiger charge is 2.25. The number of carbonyl (C=O) groups excluding carboxylic acids is 2. The van der Waals surface area contributed by atoms with Crippen molar-refractivity contribution in [1.29, 1.82) is 0 Å². The van der Waals surface area contributed by atoms with Crippen LogP contribution in [-0.2, 0) is 4.79 Å². The number of nitro benzene ring substituents is 1. The van der Waals surface area contributed by atoms with Crippen LogP contribution in [0.1, 0.15) is 54.6 Å². The molecule has 2 amide bonds. The molecule has 3 aromatic rings. The number of pyridine rings is 1. The Hall–Kier alpha value is -4.07. The second kappa shape index (κ2) is 10.5. The highest BCUT2D eigenvalue weighted by atomic mass is 16.6. The summed E-state index contributed by atoms with van der Waals surface area (Å²) in [5, 5.41) is 14.8. The van der Waals surface area contributed by atoms with E-state index in [0.717, 1.165) is 31.2 Å². The molecule has 4 rings (SSSR count). The number of carbonyl (C=O) groups is 2. The monoisotopic (exact) mass is 472 g/mol. The molecular formula is C27H28N4O4. The number of nitrogens with zero attached hydrogens (tertiary/aromatic N) is 3. The van der Waals surface area contributed by atoms with Gasteiger partial charge in [0.2, 0.25) is 5.91 Å². The van der Waals surface area contributed by atoms with E-state index in [1.807, 2.05) is 37.3 Å². The molecule has 0 saturated heterocycles. The van der Waals surface area contributed by atoms with Gasteiger partial charge in [-0.25, -0.2) is 4.98 Å². The Kier molecular flexibility index (Phi) is 7.19. The van der Waals surface area contributed by atoms with Crippen LogP contribution in [0.2, 0.25) is 0 Å². The van der Waals surface area contributed by atoms with E-state index in [9.17, 15) is 19.7 Å². The van der Waals surface area contributed by atoms with Crippen LogP contribution < -0.4 is 5.32 Å². The van der Waals surface area contributed by atoms with Crippen LogP contribution in [0.3, 0.4) is 0 Å². The molecule has 180 valence electrons. The van der Waals surface area contributed by atoms with E-state index in [0.29, 0.717) is 16.9 Å². The fraction of sp³-hybridized carbons (Fsp3) is 0.296. The van der Waals surface area contributed by atoms with E-state index in [-0.39, 0.29) is 35.0 Å². The summed E-state index contributed by atoms with van der Waals surface area (Å²) in [6.07, 6.45) is 5.33. The average Bonchev–Trinajstić information content (AvgIpc) is 3.43. The molecule has 0 radical (unpaired) electrons. The summed E-state index contributed by atoms with van der Waals surface area (Å²) in [6, 6.07) is 17.1. The van der Waals surface area contributed by atoms with Gasteiger partial charge in [0.1, 0.15) is 5.82 Å². The van der Waals surface area contributed by atoms with E-state index in [4.69, 9.17) is 0 Å². The molecule has 8 heteroatoms. The van der Waals surface area contributed by atoms with Gasteiger partial charge in [0.25, 0.3) is 11.6 Å². The number of hydrogen-bond acceptors (Lipinski definition) is 5. The molecule has 35 heavy (non-hydrogen) atoms. The van der Waals surface area contributed by atoms with Crippen molar-refractivity contribution in [3.05, 3.63) is 88.1 Å². The molecule has 1 N–H and O–H groups in total. The minimum absolute atomic E-state index is 0.0182. The topological polar surface area (TPSA) is 105 Å². The zero-order valence-corrected chi connectivity index (χ0v) is 19.8. The van der Waals surface area contributed by atoms with Gasteiger partial charge in [-0.15, -0.1) is 0 Å². The third-order valence-electron chi connectivity index (χ3n) is 6.67. The van der Waals surface area contributed by atoms with Crippen molar-refractivity contribution in [3.8, 4) is 11.1 Å². The van der Waals surface area contributed by atoms with Crippen molar-refractivity contribution in [2.45, 2.75) is 38.6 Å². The maximum atomic E-state index is 13.1. The van der Waals surface area contributed by atoms with Gasteiger partial charge in [-0.2, -0.15) is 0 Å². The first-order chi connectivity index (χ1) is 16.8. The molecule has 1 aliphatic rings. The fourth-order valence-corrected chi connectivity index (χ4v) is 4.48. The van der Waals surface area contributed by atoms with Gasteiger partial charge in [0, 0.05) is 30.8 Å². The standard InChI is InChI=1S/C27H28N4O4/c1-18(19-8-4-3-5-9-19)30(2)27(33)22-12-13-23(24(16-22)31(34)35)21-14-15-28-25(17-21)29-26(32)20-10-6-7-11-20/h3-5,8-9,12-18,20H,6-7,10-11H2,1-2H3,(H,28,29,32)/t18-/m1/s1. The van der Waals surface area contributed by atoms with E-state index in [2.05, 4.69) is 10.3 Å². The number of hydrogen-bond donors (Lipinski definition) is 1. The first-order valence-electron chi connectivity index (χ1n) is 11.7. The molecule has 0 bridgehead atoms. The maximum absolute atomic E-state index is 13.1. The van der Waals surface area contributed by atoms with Gasteiger partial charge in [0.15, 0.2) is 0 Å². The summed E-state index contributed by atoms with van der Waals surface area (Å²) in [6.45, 7) is 1.91. The second-order valence-electron chi connectivity index (χ2n) is 8.89. The summed E-state index contributed by atoms with van der Waals surface area (Å²) in [5.74, 6) is -0.0472. The first kappa shape index (κ1) is 24.1. The molecular weight excluding hydrogens is 444 g/mol. The van der Waals surface area contributed by atoms with Crippen molar-refractivity contribution in [2.75, 3.05) is 12.4 Å². The first-order valence-corrected chi connectivity index (χ1v) is 11.7. The smallest absolute Gasteiger partial charge is 0.277 e. The van der Waals surface area contributed by atoms with Crippen molar-refractivity contribution < 1.29 is 14.5 Å². The third kappa shape index (κ3) is 5.37. The zero-order chi connectivity index (χ0) is 24.9. The van der Waals surface area contributed by atoms with Gasteiger partial charge in [0.05, 0.1) is 16.5 Å². The lowest BCUT2D eigenvalue weighted by atomic mass is 10.0. The summed E-state index contributed by atoms with van der Waals surface area (Å²) in [5.41, 5.74) is 1.91. The molecule has 1 fully saturated rings. The van der Waals surface area contributed by atoms with Gasteiger partial charge in [-0.3, -0.25) is 19.7 Å². The van der Waals surface area contributed by atoms with Crippen molar-refractivity contribution in [1.82, 2.24) is 9.88 Å². The zero-order valence-electron chi connectivity index (χ0n) is 19.8. The van der Waals surface area contributed by atoms with E-state index < -0.39 is 4.92 Å². The van der Waals surface area contributed by atoms with Crippen LogP contribution in [0, 0.1) is 16.0 Å². The highest BCUT2D eigenvalue weighted by molar-refractivity contribution is 5.96. The van der Waals surface area contributed by atoms with Crippen LogP contribution in [-0.4, -0.2) is 33.7 Å².